The summed E-state index contributed by atoms with van der Waals surface area (Å²) in [6.07, 6.45) is 8.64. The second-order valence-electron chi connectivity index (χ2n) is 7.84. The Balaban J connectivity index is 1.41. The van der Waals surface area contributed by atoms with Gasteiger partial charge in [-0.15, -0.1) is 0 Å². The number of anilines is 2. The molecule has 0 atom stereocenters. The number of imidazole rings is 1. The Hall–Kier alpha value is -3.52. The Labute approximate surface area is 197 Å². The summed E-state index contributed by atoms with van der Waals surface area (Å²) in [5.41, 5.74) is 3.62. The highest BCUT2D eigenvalue weighted by molar-refractivity contribution is 6.32. The van der Waals surface area contributed by atoms with Crippen molar-refractivity contribution in [3.8, 4) is 22.8 Å². The highest BCUT2D eigenvalue weighted by Gasteiger charge is 2.19. The van der Waals surface area contributed by atoms with Crippen LogP contribution in [0.4, 0.5) is 11.6 Å². The van der Waals surface area contributed by atoms with Gasteiger partial charge in [-0.3, -0.25) is 0 Å². The summed E-state index contributed by atoms with van der Waals surface area (Å²) in [6, 6.07) is 9.71. The van der Waals surface area contributed by atoms with Crippen LogP contribution in [-0.2, 0) is 0 Å². The predicted molar refractivity (Wildman–Crippen MR) is 130 cm³/mol. The van der Waals surface area contributed by atoms with Gasteiger partial charge in [-0.2, -0.15) is 0 Å². The molecule has 1 aliphatic rings. The Kier molecular flexibility index (Phi) is 5.92. The molecule has 1 aromatic carbocycles. The molecule has 0 unspecified atom stereocenters. The molecule has 1 fully saturated rings. The second-order valence-corrected chi connectivity index (χ2v) is 8.25. The highest BCUT2D eigenvalue weighted by atomic mass is 35.5. The number of nitrogens with zero attached hydrogens (tertiary/aromatic N) is 6. The Morgan fingerprint density at radius 1 is 0.909 bits per heavy atom. The molecule has 170 valence electrons. The third kappa shape index (κ3) is 4.26. The summed E-state index contributed by atoms with van der Waals surface area (Å²) < 4.78 is 12.9. The molecule has 8 nitrogen and oxygen atoms in total. The molecular weight excluding hydrogens is 440 g/mol. The van der Waals surface area contributed by atoms with Crippen LogP contribution >= 0.6 is 11.6 Å². The van der Waals surface area contributed by atoms with Gasteiger partial charge in [-0.1, -0.05) is 11.6 Å². The summed E-state index contributed by atoms with van der Waals surface area (Å²) in [7, 11) is 3.21. The van der Waals surface area contributed by atoms with Gasteiger partial charge in [0.05, 0.1) is 24.9 Å². The van der Waals surface area contributed by atoms with Crippen molar-refractivity contribution in [2.24, 2.45) is 0 Å². The van der Waals surface area contributed by atoms with Crippen LogP contribution in [0, 0.1) is 0 Å². The second kappa shape index (κ2) is 9.15. The van der Waals surface area contributed by atoms with Crippen LogP contribution in [0.15, 0.2) is 55.1 Å². The van der Waals surface area contributed by atoms with Crippen molar-refractivity contribution < 1.29 is 9.47 Å². The smallest absolute Gasteiger partial charge is 0.225 e. The molecular formula is C24H25ClN6O2. The first-order valence-electron chi connectivity index (χ1n) is 10.8. The number of benzene rings is 1. The van der Waals surface area contributed by atoms with E-state index in [1.807, 2.05) is 28.9 Å². The first-order chi connectivity index (χ1) is 16.2. The minimum Gasteiger partial charge on any atom is -0.496 e. The summed E-state index contributed by atoms with van der Waals surface area (Å²) >= 11 is 6.37. The van der Waals surface area contributed by atoms with Gasteiger partial charge in [-0.25, -0.2) is 15.0 Å². The molecule has 0 bridgehead atoms. The number of halogens is 1. The van der Waals surface area contributed by atoms with Crippen LogP contribution in [0.1, 0.15) is 6.42 Å². The van der Waals surface area contributed by atoms with Gasteiger partial charge < -0.3 is 23.7 Å². The Bertz CT molecular complexity index is 1260. The van der Waals surface area contributed by atoms with Gasteiger partial charge in [-0.05, 0) is 24.6 Å². The first-order valence-corrected chi connectivity index (χ1v) is 11.2. The lowest BCUT2D eigenvalue weighted by Crippen LogP contribution is -2.31. The number of hydrogen-bond acceptors (Lipinski definition) is 7. The maximum absolute atomic E-state index is 6.37. The molecule has 0 N–H and O–H groups in total. The topological polar surface area (TPSA) is 68.0 Å². The summed E-state index contributed by atoms with van der Waals surface area (Å²) in [4.78, 5) is 18.3. The lowest BCUT2D eigenvalue weighted by molar-refractivity contribution is 0.395. The maximum Gasteiger partial charge on any atom is 0.225 e. The lowest BCUT2D eigenvalue weighted by Gasteiger charge is -2.23. The molecule has 4 heterocycles. The van der Waals surface area contributed by atoms with Crippen LogP contribution in [0.2, 0.25) is 5.02 Å². The Morgan fingerprint density at radius 3 is 2.45 bits per heavy atom. The third-order valence-corrected chi connectivity index (χ3v) is 6.19. The van der Waals surface area contributed by atoms with Crippen molar-refractivity contribution in [1.29, 1.82) is 0 Å². The van der Waals surface area contributed by atoms with E-state index in [1.54, 1.807) is 32.7 Å². The van der Waals surface area contributed by atoms with Crippen LogP contribution in [-0.4, -0.2) is 59.8 Å². The minimum absolute atomic E-state index is 0.516. The molecule has 9 heteroatoms. The van der Waals surface area contributed by atoms with E-state index >= 15 is 0 Å². The SMILES string of the molecule is COc1cc(OC)c(-c2cn3ccc(N4CCCN(c5ncccn5)CC4)cc3n2)cc1Cl. The van der Waals surface area contributed by atoms with Crippen molar-refractivity contribution in [2.45, 2.75) is 6.42 Å². The van der Waals surface area contributed by atoms with Gasteiger partial charge in [0.25, 0.3) is 0 Å². The van der Waals surface area contributed by atoms with Crippen LogP contribution < -0.4 is 19.3 Å². The lowest BCUT2D eigenvalue weighted by atomic mass is 10.1. The first kappa shape index (κ1) is 21.3. The molecule has 1 saturated heterocycles. The number of hydrogen-bond donors (Lipinski definition) is 0. The number of fused-ring (bicyclic) bond motifs is 1. The van der Waals surface area contributed by atoms with Crippen LogP contribution in [0.25, 0.3) is 16.9 Å². The molecule has 0 amide bonds. The number of aromatic nitrogens is 4. The predicted octanol–water partition coefficient (Wildman–Crippen LogP) is 4.18. The van der Waals surface area contributed by atoms with Crippen LogP contribution in [0.5, 0.6) is 11.5 Å². The largest absolute Gasteiger partial charge is 0.496 e. The quantitative estimate of drug-likeness (QED) is 0.439. The fourth-order valence-corrected chi connectivity index (χ4v) is 4.43. The van der Waals surface area contributed by atoms with E-state index in [4.69, 9.17) is 26.1 Å². The van der Waals surface area contributed by atoms with E-state index in [-0.39, 0.29) is 0 Å². The minimum atomic E-state index is 0.516. The van der Waals surface area contributed by atoms with E-state index in [2.05, 4.69) is 31.9 Å². The normalized spacial score (nSPS) is 14.4. The third-order valence-electron chi connectivity index (χ3n) is 5.89. The van der Waals surface area contributed by atoms with E-state index in [0.717, 1.165) is 61.1 Å². The van der Waals surface area contributed by atoms with Crippen molar-refractivity contribution in [3.63, 3.8) is 0 Å². The monoisotopic (exact) mass is 464 g/mol. The molecule has 4 aromatic rings. The fraction of sp³-hybridized carbons (Fsp3) is 0.292. The van der Waals surface area contributed by atoms with Crippen molar-refractivity contribution in [2.75, 3.05) is 50.2 Å². The molecule has 1 aliphatic heterocycles. The standard InChI is InChI=1S/C24H25ClN6O2/c1-32-21-15-22(33-2)19(25)14-18(21)20-16-31-10-5-17(13-23(31)28-20)29-8-4-9-30(12-11-29)24-26-6-3-7-27-24/h3,5-7,10,13-16H,4,8-9,11-12H2,1-2H3. The highest BCUT2D eigenvalue weighted by Crippen LogP contribution is 2.38. The van der Waals surface area contributed by atoms with E-state index < -0.39 is 0 Å². The Morgan fingerprint density at radius 2 is 1.67 bits per heavy atom. The van der Waals surface area contributed by atoms with Crippen molar-refractivity contribution in [3.05, 3.63) is 60.1 Å². The van der Waals surface area contributed by atoms with Gasteiger partial charge in [0.1, 0.15) is 17.1 Å². The van der Waals surface area contributed by atoms with E-state index in [0.29, 0.717) is 16.5 Å². The average Bonchev–Trinajstić information content (AvgIpc) is 3.12. The molecule has 3 aromatic heterocycles. The number of methoxy groups -OCH3 is 2. The molecule has 0 radical (unpaired) electrons. The summed E-state index contributed by atoms with van der Waals surface area (Å²) in [5.74, 6) is 2.02. The summed E-state index contributed by atoms with van der Waals surface area (Å²) in [5, 5.41) is 0.516. The zero-order valence-corrected chi connectivity index (χ0v) is 19.4. The van der Waals surface area contributed by atoms with Gasteiger partial charge in [0.15, 0.2) is 0 Å². The molecule has 0 spiro atoms. The molecule has 33 heavy (non-hydrogen) atoms. The number of pyridine rings is 1. The molecule has 5 rings (SSSR count). The van der Waals surface area contributed by atoms with Crippen molar-refractivity contribution >= 4 is 28.9 Å². The average molecular weight is 465 g/mol. The van der Waals surface area contributed by atoms with Crippen LogP contribution in [0.3, 0.4) is 0 Å². The van der Waals surface area contributed by atoms with E-state index in [1.165, 1.54) is 0 Å². The molecule has 0 aliphatic carbocycles. The van der Waals surface area contributed by atoms with Gasteiger partial charge in [0, 0.05) is 74.3 Å². The number of ether oxygens (including phenoxy) is 2. The molecule has 0 saturated carbocycles. The zero-order valence-electron chi connectivity index (χ0n) is 18.6. The van der Waals surface area contributed by atoms with Gasteiger partial charge >= 0.3 is 0 Å². The maximum atomic E-state index is 6.37. The van der Waals surface area contributed by atoms with E-state index in [9.17, 15) is 0 Å². The fourth-order valence-electron chi connectivity index (χ4n) is 4.19. The zero-order chi connectivity index (χ0) is 22.8. The van der Waals surface area contributed by atoms with Gasteiger partial charge in [0.2, 0.25) is 5.95 Å². The summed E-state index contributed by atoms with van der Waals surface area (Å²) in [6.45, 7) is 3.67. The number of rotatable bonds is 5. The van der Waals surface area contributed by atoms with Crippen molar-refractivity contribution in [1.82, 2.24) is 19.4 Å².